The zero-order valence-corrected chi connectivity index (χ0v) is 5.93. The van der Waals surface area contributed by atoms with Gasteiger partial charge in [0.05, 0.1) is 0 Å². The summed E-state index contributed by atoms with van der Waals surface area (Å²) >= 11 is 0. The highest BCUT2D eigenvalue weighted by Gasteiger charge is 2.08. The molecule has 0 aromatic heterocycles. The second-order valence-electron chi connectivity index (χ2n) is 2.57. The first-order valence-electron chi connectivity index (χ1n) is 2.72. The monoisotopic (exact) mass is 115 g/mol. The molecule has 0 bridgehead atoms. The summed E-state index contributed by atoms with van der Waals surface area (Å²) < 4.78 is 0. The van der Waals surface area contributed by atoms with Crippen LogP contribution in [0.25, 0.3) is 0 Å². The maximum Gasteiger partial charge on any atom is 0.129 e. The SMILES string of the molecule is C/C=N\OC(C)(C)C. The van der Waals surface area contributed by atoms with Crippen molar-refractivity contribution in [3.05, 3.63) is 0 Å². The summed E-state index contributed by atoms with van der Waals surface area (Å²) in [6, 6.07) is 0. The predicted molar refractivity (Wildman–Crippen MR) is 35.0 cm³/mol. The molecule has 8 heavy (non-hydrogen) atoms. The fourth-order valence-electron chi connectivity index (χ4n) is 0.211. The Morgan fingerprint density at radius 1 is 1.38 bits per heavy atom. The zero-order valence-electron chi connectivity index (χ0n) is 5.93. The van der Waals surface area contributed by atoms with Gasteiger partial charge in [-0.25, -0.2) is 0 Å². The zero-order chi connectivity index (χ0) is 6.62. The summed E-state index contributed by atoms with van der Waals surface area (Å²) in [5.41, 5.74) is -0.146. The van der Waals surface area contributed by atoms with E-state index in [-0.39, 0.29) is 5.60 Å². The van der Waals surface area contributed by atoms with E-state index in [0.29, 0.717) is 0 Å². The van der Waals surface area contributed by atoms with Gasteiger partial charge in [0.25, 0.3) is 0 Å². The van der Waals surface area contributed by atoms with Gasteiger partial charge in [0, 0.05) is 6.21 Å². The molecule has 48 valence electrons. The van der Waals surface area contributed by atoms with Crippen LogP contribution in [0.4, 0.5) is 0 Å². The molecule has 0 saturated carbocycles. The second kappa shape index (κ2) is 2.70. The standard InChI is InChI=1S/C6H13NO/c1-5-7-8-6(2,3)4/h5H,1-4H3/b7-5-. The van der Waals surface area contributed by atoms with Crippen LogP contribution in [0.1, 0.15) is 27.7 Å². The van der Waals surface area contributed by atoms with E-state index < -0.39 is 0 Å². The summed E-state index contributed by atoms with van der Waals surface area (Å²) in [5, 5.41) is 3.62. The predicted octanol–water partition coefficient (Wildman–Crippen LogP) is 1.81. The largest absolute Gasteiger partial charge is 0.390 e. The highest BCUT2D eigenvalue weighted by atomic mass is 16.6. The molecule has 0 unspecified atom stereocenters. The van der Waals surface area contributed by atoms with E-state index in [9.17, 15) is 0 Å². The number of hydrogen-bond donors (Lipinski definition) is 0. The fourth-order valence-corrected chi connectivity index (χ4v) is 0.211. The van der Waals surface area contributed by atoms with Gasteiger partial charge in [0.1, 0.15) is 5.60 Å². The first kappa shape index (κ1) is 7.47. The molecular formula is C6H13NO. The van der Waals surface area contributed by atoms with Crippen LogP contribution in [-0.4, -0.2) is 11.8 Å². The van der Waals surface area contributed by atoms with E-state index in [2.05, 4.69) is 5.16 Å². The summed E-state index contributed by atoms with van der Waals surface area (Å²) in [6.45, 7) is 7.70. The summed E-state index contributed by atoms with van der Waals surface area (Å²) in [4.78, 5) is 4.95. The first-order valence-corrected chi connectivity index (χ1v) is 2.72. The Labute approximate surface area is 50.5 Å². The molecule has 0 aliphatic heterocycles. The van der Waals surface area contributed by atoms with Crippen molar-refractivity contribution >= 4 is 6.21 Å². The van der Waals surface area contributed by atoms with Gasteiger partial charge in [0.2, 0.25) is 0 Å². The van der Waals surface area contributed by atoms with E-state index in [4.69, 9.17) is 4.84 Å². The highest BCUT2D eigenvalue weighted by molar-refractivity contribution is 5.52. The average Bonchev–Trinajstić information content (AvgIpc) is 1.59. The van der Waals surface area contributed by atoms with Crippen molar-refractivity contribution in [2.24, 2.45) is 5.16 Å². The fraction of sp³-hybridized carbons (Fsp3) is 0.833. The van der Waals surface area contributed by atoms with Gasteiger partial charge in [-0.15, -0.1) is 0 Å². The van der Waals surface area contributed by atoms with Crippen LogP contribution in [0.2, 0.25) is 0 Å². The highest BCUT2D eigenvalue weighted by Crippen LogP contribution is 2.05. The molecule has 0 saturated heterocycles. The normalized spacial score (nSPS) is 12.5. The molecular weight excluding hydrogens is 102 g/mol. The Morgan fingerprint density at radius 3 is 2.00 bits per heavy atom. The lowest BCUT2D eigenvalue weighted by atomic mass is 10.2. The quantitative estimate of drug-likeness (QED) is 0.377. The van der Waals surface area contributed by atoms with Crippen LogP contribution in [0.15, 0.2) is 5.16 Å². The molecule has 0 heterocycles. The van der Waals surface area contributed by atoms with Crippen LogP contribution in [0, 0.1) is 0 Å². The number of hydrogen-bond acceptors (Lipinski definition) is 2. The third kappa shape index (κ3) is 5.47. The van der Waals surface area contributed by atoms with Crippen LogP contribution in [0.5, 0.6) is 0 Å². The Bertz CT molecular complexity index is 81.0. The number of nitrogens with zero attached hydrogens (tertiary/aromatic N) is 1. The van der Waals surface area contributed by atoms with E-state index in [1.807, 2.05) is 27.7 Å². The van der Waals surface area contributed by atoms with E-state index >= 15 is 0 Å². The molecule has 0 aromatic carbocycles. The van der Waals surface area contributed by atoms with E-state index in [0.717, 1.165) is 0 Å². The third-order valence-corrected chi connectivity index (χ3v) is 0.432. The van der Waals surface area contributed by atoms with Gasteiger partial charge in [-0.2, -0.15) is 0 Å². The van der Waals surface area contributed by atoms with Crippen molar-refractivity contribution in [2.75, 3.05) is 0 Å². The summed E-state index contributed by atoms with van der Waals surface area (Å²) in [5.74, 6) is 0. The van der Waals surface area contributed by atoms with Crippen molar-refractivity contribution in [2.45, 2.75) is 33.3 Å². The molecule has 0 fully saturated rings. The Kier molecular flexibility index (Phi) is 2.52. The molecule has 0 spiro atoms. The molecule has 0 atom stereocenters. The first-order chi connectivity index (χ1) is 3.56. The van der Waals surface area contributed by atoms with Gasteiger partial charge in [0.15, 0.2) is 0 Å². The molecule has 2 heteroatoms. The van der Waals surface area contributed by atoms with E-state index in [1.165, 1.54) is 0 Å². The molecule has 0 amide bonds. The van der Waals surface area contributed by atoms with Crippen LogP contribution < -0.4 is 0 Å². The van der Waals surface area contributed by atoms with E-state index in [1.54, 1.807) is 6.21 Å². The molecule has 0 rings (SSSR count). The minimum absolute atomic E-state index is 0.146. The van der Waals surface area contributed by atoms with Gasteiger partial charge < -0.3 is 4.84 Å². The molecule has 0 radical (unpaired) electrons. The van der Waals surface area contributed by atoms with Crippen LogP contribution in [-0.2, 0) is 4.84 Å². The molecule has 0 N–H and O–H groups in total. The van der Waals surface area contributed by atoms with Crippen molar-refractivity contribution in [1.82, 2.24) is 0 Å². The minimum Gasteiger partial charge on any atom is -0.390 e. The Balaban J connectivity index is 3.39. The average molecular weight is 115 g/mol. The van der Waals surface area contributed by atoms with Crippen molar-refractivity contribution in [3.63, 3.8) is 0 Å². The summed E-state index contributed by atoms with van der Waals surface area (Å²) in [6.07, 6.45) is 1.63. The van der Waals surface area contributed by atoms with Crippen LogP contribution in [0.3, 0.4) is 0 Å². The smallest absolute Gasteiger partial charge is 0.129 e. The summed E-state index contributed by atoms with van der Waals surface area (Å²) in [7, 11) is 0. The lowest BCUT2D eigenvalue weighted by Gasteiger charge is -2.14. The Hall–Kier alpha value is -0.530. The molecule has 0 aliphatic carbocycles. The van der Waals surface area contributed by atoms with Gasteiger partial charge in [-0.05, 0) is 27.7 Å². The maximum atomic E-state index is 4.95. The second-order valence-corrected chi connectivity index (χ2v) is 2.57. The lowest BCUT2D eigenvalue weighted by molar-refractivity contribution is 0.00180. The van der Waals surface area contributed by atoms with Crippen LogP contribution >= 0.6 is 0 Å². The van der Waals surface area contributed by atoms with Gasteiger partial charge >= 0.3 is 0 Å². The van der Waals surface area contributed by atoms with Crippen molar-refractivity contribution in [1.29, 1.82) is 0 Å². The molecule has 2 nitrogen and oxygen atoms in total. The lowest BCUT2D eigenvalue weighted by Crippen LogP contribution is -2.15. The van der Waals surface area contributed by atoms with Gasteiger partial charge in [-0.1, -0.05) is 5.16 Å². The maximum absolute atomic E-state index is 4.95. The Morgan fingerprint density at radius 2 is 1.88 bits per heavy atom. The van der Waals surface area contributed by atoms with Crippen molar-refractivity contribution in [3.8, 4) is 0 Å². The number of oxime groups is 1. The van der Waals surface area contributed by atoms with Gasteiger partial charge in [-0.3, -0.25) is 0 Å². The number of rotatable bonds is 1. The third-order valence-electron chi connectivity index (χ3n) is 0.432. The molecule has 0 aromatic rings. The van der Waals surface area contributed by atoms with Crippen molar-refractivity contribution < 1.29 is 4.84 Å². The topological polar surface area (TPSA) is 21.6 Å². The molecule has 0 aliphatic rings. The minimum atomic E-state index is -0.146.